The lowest BCUT2D eigenvalue weighted by molar-refractivity contribution is 0.0500. The van der Waals surface area contributed by atoms with E-state index in [1.165, 1.54) is 19.7 Å². The van der Waals surface area contributed by atoms with Crippen LogP contribution in [0.4, 0.5) is 16.3 Å². The highest BCUT2D eigenvalue weighted by Crippen LogP contribution is 2.36. The smallest absolute Gasteiger partial charge is 0.410 e. The molecule has 212 valence electrons. The number of amides is 1. The van der Waals surface area contributed by atoms with E-state index in [0.717, 1.165) is 0 Å². The van der Waals surface area contributed by atoms with E-state index in [-0.39, 0.29) is 18.3 Å². The summed E-state index contributed by atoms with van der Waals surface area (Å²) < 4.78 is 40.2. The van der Waals surface area contributed by atoms with Gasteiger partial charge in [-0.15, -0.1) is 0 Å². The SMILES string of the molecule is CC.COc1c(Nc2ccc(C(C)(C)S(C)(=O)=O)nc2C)ncnc1OC1CCN(C(=O)OC(C)C)CC1. The van der Waals surface area contributed by atoms with E-state index >= 15 is 0 Å². The molecule has 0 radical (unpaired) electrons. The number of hydrogen-bond donors (Lipinski definition) is 1. The van der Waals surface area contributed by atoms with Gasteiger partial charge in [0.05, 0.1) is 30.3 Å². The number of likely N-dealkylation sites (tertiary alicyclic amines) is 1. The Morgan fingerprint density at radius 1 is 1.16 bits per heavy atom. The summed E-state index contributed by atoms with van der Waals surface area (Å²) in [5.74, 6) is 1.01. The number of ether oxygens (including phenoxy) is 3. The lowest BCUT2D eigenvalue weighted by atomic mass is 10.1. The van der Waals surface area contributed by atoms with Gasteiger partial charge in [-0.25, -0.2) is 18.2 Å². The highest BCUT2D eigenvalue weighted by molar-refractivity contribution is 7.91. The molecule has 0 bridgehead atoms. The number of piperidine rings is 1. The van der Waals surface area contributed by atoms with Crippen molar-refractivity contribution in [1.29, 1.82) is 0 Å². The second-order valence-electron chi connectivity index (χ2n) is 9.53. The Hall–Kier alpha value is -3.15. The van der Waals surface area contributed by atoms with Crippen molar-refractivity contribution < 1.29 is 27.4 Å². The third-order valence-electron chi connectivity index (χ3n) is 6.17. The standard InChI is InChI=1S/C24H35N5O6S.C2H6/c1-15(2)34-23(30)29-12-10-17(11-13-29)35-22-20(33-6)21(25-14-26-22)28-18-8-9-19(27-16(18)3)24(4,5)36(7,31)32;1-2/h8-9,14-15,17H,10-13H2,1-7H3,(H,25,26,28);1-2H3. The molecule has 0 atom stereocenters. The number of carbonyl (C=O) groups is 1. The lowest BCUT2D eigenvalue weighted by Gasteiger charge is -2.32. The average molecular weight is 552 g/mol. The third-order valence-corrected chi connectivity index (χ3v) is 8.24. The van der Waals surface area contributed by atoms with Crippen LogP contribution in [-0.4, -0.2) is 73.0 Å². The number of hydrogen-bond acceptors (Lipinski definition) is 10. The Kier molecular flexibility index (Phi) is 10.7. The maximum atomic E-state index is 12.2. The monoisotopic (exact) mass is 551 g/mol. The molecule has 2 aromatic rings. The molecule has 1 aliphatic rings. The number of nitrogens with one attached hydrogen (secondary N) is 1. The van der Waals surface area contributed by atoms with Crippen LogP contribution in [0.25, 0.3) is 0 Å². The molecule has 1 N–H and O–H groups in total. The highest BCUT2D eigenvalue weighted by Gasteiger charge is 2.34. The zero-order valence-electron chi connectivity index (χ0n) is 23.9. The summed E-state index contributed by atoms with van der Waals surface area (Å²) in [5.41, 5.74) is 1.70. The number of methoxy groups -OCH3 is 1. The molecular weight excluding hydrogens is 510 g/mol. The fourth-order valence-electron chi connectivity index (χ4n) is 3.65. The fourth-order valence-corrected chi connectivity index (χ4v) is 4.14. The molecule has 38 heavy (non-hydrogen) atoms. The summed E-state index contributed by atoms with van der Waals surface area (Å²) in [4.78, 5) is 26.9. The Morgan fingerprint density at radius 2 is 1.79 bits per heavy atom. The van der Waals surface area contributed by atoms with Gasteiger partial charge in [0.1, 0.15) is 17.2 Å². The van der Waals surface area contributed by atoms with Crippen molar-refractivity contribution >= 4 is 27.4 Å². The predicted molar refractivity (Wildman–Crippen MR) is 147 cm³/mol. The summed E-state index contributed by atoms with van der Waals surface area (Å²) in [6, 6.07) is 3.44. The number of anilines is 2. The topological polar surface area (TPSA) is 133 Å². The van der Waals surface area contributed by atoms with Crippen LogP contribution in [0.2, 0.25) is 0 Å². The highest BCUT2D eigenvalue weighted by atomic mass is 32.2. The zero-order valence-corrected chi connectivity index (χ0v) is 24.7. The molecule has 0 spiro atoms. The van der Waals surface area contributed by atoms with Crippen LogP contribution in [-0.2, 0) is 19.3 Å². The molecule has 2 aromatic heterocycles. The molecule has 0 aromatic carbocycles. The summed E-state index contributed by atoms with van der Waals surface area (Å²) in [6.45, 7) is 13.7. The summed E-state index contributed by atoms with van der Waals surface area (Å²) >= 11 is 0. The number of aryl methyl sites for hydroxylation is 1. The molecular formula is C26H41N5O6S. The van der Waals surface area contributed by atoms with Gasteiger partial charge in [-0.3, -0.25) is 4.98 Å². The van der Waals surface area contributed by atoms with Crippen LogP contribution in [0.15, 0.2) is 18.5 Å². The van der Waals surface area contributed by atoms with Crippen LogP contribution >= 0.6 is 0 Å². The molecule has 1 amide bonds. The number of carbonyl (C=O) groups excluding carboxylic acids is 1. The molecule has 3 rings (SSSR count). The van der Waals surface area contributed by atoms with Gasteiger partial charge in [0.25, 0.3) is 5.88 Å². The van der Waals surface area contributed by atoms with E-state index in [0.29, 0.717) is 60.5 Å². The van der Waals surface area contributed by atoms with Gasteiger partial charge in [0.2, 0.25) is 5.75 Å². The predicted octanol–water partition coefficient (Wildman–Crippen LogP) is 4.63. The molecule has 1 aliphatic heterocycles. The van der Waals surface area contributed by atoms with Crippen molar-refractivity contribution in [2.75, 3.05) is 31.8 Å². The number of aromatic nitrogens is 3. The Labute approximate surface area is 226 Å². The first-order chi connectivity index (χ1) is 17.8. The Morgan fingerprint density at radius 3 is 2.32 bits per heavy atom. The molecule has 1 fully saturated rings. The zero-order chi connectivity index (χ0) is 28.7. The van der Waals surface area contributed by atoms with Gasteiger partial charge in [0.15, 0.2) is 15.7 Å². The third kappa shape index (κ3) is 7.46. The normalized spacial score (nSPS) is 14.4. The van der Waals surface area contributed by atoms with E-state index in [2.05, 4.69) is 20.3 Å². The minimum absolute atomic E-state index is 0.148. The van der Waals surface area contributed by atoms with Gasteiger partial charge in [-0.1, -0.05) is 13.8 Å². The first kappa shape index (κ1) is 31.1. The minimum Gasteiger partial charge on any atom is -0.489 e. The maximum absolute atomic E-state index is 12.2. The van der Waals surface area contributed by atoms with Crippen LogP contribution < -0.4 is 14.8 Å². The van der Waals surface area contributed by atoms with E-state index in [1.807, 2.05) is 27.7 Å². The number of rotatable bonds is 8. The maximum Gasteiger partial charge on any atom is 0.410 e. The van der Waals surface area contributed by atoms with Gasteiger partial charge < -0.3 is 24.4 Å². The second-order valence-corrected chi connectivity index (χ2v) is 12.1. The first-order valence-electron chi connectivity index (χ1n) is 12.8. The van der Waals surface area contributed by atoms with Crippen LogP contribution in [0.1, 0.15) is 65.8 Å². The summed E-state index contributed by atoms with van der Waals surface area (Å²) in [7, 11) is -1.85. The van der Waals surface area contributed by atoms with Gasteiger partial charge in [0, 0.05) is 32.2 Å². The summed E-state index contributed by atoms with van der Waals surface area (Å²) in [6.07, 6.45) is 3.20. The van der Waals surface area contributed by atoms with E-state index in [1.54, 1.807) is 37.8 Å². The Bertz CT molecular complexity index is 1190. The first-order valence-corrected chi connectivity index (χ1v) is 14.7. The lowest BCUT2D eigenvalue weighted by Crippen LogP contribution is -2.42. The molecule has 0 saturated carbocycles. The molecule has 12 heteroatoms. The molecule has 0 aliphatic carbocycles. The molecule has 1 saturated heterocycles. The van der Waals surface area contributed by atoms with E-state index in [4.69, 9.17) is 14.2 Å². The minimum atomic E-state index is -3.36. The van der Waals surface area contributed by atoms with Crippen molar-refractivity contribution in [3.63, 3.8) is 0 Å². The largest absolute Gasteiger partial charge is 0.489 e. The number of sulfone groups is 1. The van der Waals surface area contributed by atoms with Crippen LogP contribution in [0.5, 0.6) is 11.6 Å². The fraction of sp³-hybridized carbons (Fsp3) is 0.615. The molecule has 11 nitrogen and oxygen atoms in total. The quantitative estimate of drug-likeness (QED) is 0.495. The summed E-state index contributed by atoms with van der Waals surface area (Å²) in [5, 5.41) is 3.19. The van der Waals surface area contributed by atoms with Crippen molar-refractivity contribution in [1.82, 2.24) is 19.9 Å². The number of pyridine rings is 1. The second kappa shape index (κ2) is 13.1. The molecule has 0 unspecified atom stereocenters. The van der Waals surface area contributed by atoms with E-state index in [9.17, 15) is 13.2 Å². The molecule has 3 heterocycles. The van der Waals surface area contributed by atoms with E-state index < -0.39 is 14.6 Å². The van der Waals surface area contributed by atoms with Gasteiger partial charge in [-0.2, -0.15) is 4.98 Å². The van der Waals surface area contributed by atoms with Crippen molar-refractivity contribution in [3.8, 4) is 11.6 Å². The van der Waals surface area contributed by atoms with Crippen molar-refractivity contribution in [3.05, 3.63) is 29.8 Å². The van der Waals surface area contributed by atoms with Crippen LogP contribution in [0, 0.1) is 6.92 Å². The Balaban J connectivity index is 0.00000247. The van der Waals surface area contributed by atoms with Gasteiger partial charge >= 0.3 is 6.09 Å². The number of nitrogens with zero attached hydrogens (tertiary/aromatic N) is 4. The van der Waals surface area contributed by atoms with Crippen LogP contribution in [0.3, 0.4) is 0 Å². The van der Waals surface area contributed by atoms with Crippen molar-refractivity contribution in [2.24, 2.45) is 0 Å². The average Bonchev–Trinajstić information content (AvgIpc) is 2.86. The van der Waals surface area contributed by atoms with Crippen molar-refractivity contribution in [2.45, 2.75) is 78.3 Å². The van der Waals surface area contributed by atoms with Gasteiger partial charge in [-0.05, 0) is 46.8 Å².